The van der Waals surface area contributed by atoms with E-state index in [0.29, 0.717) is 18.3 Å². The Bertz CT molecular complexity index is 388. The molecule has 0 aliphatic rings. The lowest BCUT2D eigenvalue weighted by Crippen LogP contribution is -2.36. The topological polar surface area (TPSA) is 55.1 Å². The van der Waals surface area contributed by atoms with E-state index in [9.17, 15) is 4.79 Å². The zero-order valence-electron chi connectivity index (χ0n) is 12.1. The maximum atomic E-state index is 11.8. The van der Waals surface area contributed by atoms with Gasteiger partial charge in [-0.1, -0.05) is 39.8 Å². The highest BCUT2D eigenvalue weighted by Crippen LogP contribution is 2.17. The van der Waals surface area contributed by atoms with Crippen LogP contribution in [0.2, 0.25) is 0 Å². The third-order valence-corrected chi connectivity index (χ3v) is 2.91. The first-order valence-electron chi connectivity index (χ1n) is 6.56. The number of halogens is 1. The Kier molecular flexibility index (Phi) is 7.72. The summed E-state index contributed by atoms with van der Waals surface area (Å²) >= 11 is 0. The van der Waals surface area contributed by atoms with Gasteiger partial charge in [0.2, 0.25) is 5.91 Å². The fraction of sp³-hybridized carbons (Fsp3) is 0.533. The lowest BCUT2D eigenvalue weighted by molar-refractivity contribution is -0.117. The number of carbonyl (C=O) groups excluding carboxylic acids is 1. The predicted molar refractivity (Wildman–Crippen MR) is 83.8 cm³/mol. The van der Waals surface area contributed by atoms with Gasteiger partial charge in [0.1, 0.15) is 0 Å². The van der Waals surface area contributed by atoms with Gasteiger partial charge in [0.25, 0.3) is 0 Å². The molecule has 108 valence electrons. The van der Waals surface area contributed by atoms with Gasteiger partial charge >= 0.3 is 0 Å². The Morgan fingerprint density at radius 2 is 1.68 bits per heavy atom. The number of hydrogen-bond donors (Lipinski definition) is 2. The van der Waals surface area contributed by atoms with Crippen molar-refractivity contribution in [3.63, 3.8) is 0 Å². The summed E-state index contributed by atoms with van der Waals surface area (Å²) in [5.41, 5.74) is 7.90. The highest BCUT2D eigenvalue weighted by Gasteiger charge is 2.14. The normalized spacial score (nSPS) is 12.2. The number of amides is 1. The zero-order valence-corrected chi connectivity index (χ0v) is 13.0. The van der Waals surface area contributed by atoms with E-state index >= 15 is 0 Å². The summed E-state index contributed by atoms with van der Waals surface area (Å²) in [7, 11) is 0. The van der Waals surface area contributed by atoms with E-state index in [-0.39, 0.29) is 18.3 Å². The van der Waals surface area contributed by atoms with Crippen molar-refractivity contribution >= 4 is 24.0 Å². The molecule has 1 aromatic rings. The minimum atomic E-state index is -0.435. The molecule has 1 atom stereocenters. The summed E-state index contributed by atoms with van der Waals surface area (Å²) in [6.45, 7) is 8.41. The third-order valence-electron chi connectivity index (χ3n) is 2.91. The minimum Gasteiger partial charge on any atom is -0.325 e. The summed E-state index contributed by atoms with van der Waals surface area (Å²) in [6, 6.07) is 7.49. The Hall–Kier alpha value is -1.06. The zero-order chi connectivity index (χ0) is 13.7. The summed E-state index contributed by atoms with van der Waals surface area (Å²) in [6.07, 6.45) is 0.704. The second-order valence-electron chi connectivity index (χ2n) is 5.50. The lowest BCUT2D eigenvalue weighted by atomic mass is 10.0. The van der Waals surface area contributed by atoms with Crippen LogP contribution in [0.1, 0.15) is 45.6 Å². The van der Waals surface area contributed by atoms with Crippen LogP contribution in [-0.2, 0) is 4.79 Å². The van der Waals surface area contributed by atoms with Crippen molar-refractivity contribution in [2.45, 2.75) is 46.1 Å². The molecule has 19 heavy (non-hydrogen) atoms. The summed E-state index contributed by atoms with van der Waals surface area (Å²) < 4.78 is 0. The van der Waals surface area contributed by atoms with E-state index in [4.69, 9.17) is 5.73 Å². The molecule has 1 aromatic carbocycles. The minimum absolute atomic E-state index is 0. The van der Waals surface area contributed by atoms with Crippen molar-refractivity contribution in [3.05, 3.63) is 29.8 Å². The van der Waals surface area contributed by atoms with E-state index in [0.717, 1.165) is 5.69 Å². The van der Waals surface area contributed by atoms with Gasteiger partial charge in [0, 0.05) is 5.69 Å². The molecule has 0 saturated carbocycles. The van der Waals surface area contributed by atoms with E-state index < -0.39 is 6.04 Å². The van der Waals surface area contributed by atoms with E-state index in [2.05, 4.69) is 33.0 Å². The number of rotatable bonds is 5. The quantitative estimate of drug-likeness (QED) is 0.869. The lowest BCUT2D eigenvalue weighted by Gasteiger charge is -2.14. The number of anilines is 1. The molecule has 3 nitrogen and oxygen atoms in total. The fourth-order valence-electron chi connectivity index (χ4n) is 1.80. The molecule has 0 fully saturated rings. The van der Waals surface area contributed by atoms with Crippen LogP contribution < -0.4 is 11.1 Å². The smallest absolute Gasteiger partial charge is 0.241 e. The maximum absolute atomic E-state index is 11.8. The number of nitrogens with two attached hydrogens (primary N) is 1. The molecular weight excluding hydrogens is 260 g/mol. The van der Waals surface area contributed by atoms with E-state index in [1.165, 1.54) is 5.56 Å². The van der Waals surface area contributed by atoms with Crippen molar-refractivity contribution < 1.29 is 4.79 Å². The SMILES string of the molecule is CC(C)C[C@H](N)C(=O)Nc1ccc(C(C)C)cc1.Cl. The molecule has 1 amide bonds. The number of benzene rings is 1. The third kappa shape index (κ3) is 6.08. The van der Waals surface area contributed by atoms with Crippen LogP contribution >= 0.6 is 12.4 Å². The van der Waals surface area contributed by atoms with Gasteiger partial charge in [-0.05, 0) is 36.0 Å². The Labute approximate surface area is 122 Å². The Balaban J connectivity index is 0.00000324. The second-order valence-corrected chi connectivity index (χ2v) is 5.50. The number of hydrogen-bond acceptors (Lipinski definition) is 2. The molecule has 3 N–H and O–H groups in total. The van der Waals surface area contributed by atoms with Gasteiger partial charge in [-0.3, -0.25) is 4.79 Å². The molecule has 0 unspecified atom stereocenters. The highest BCUT2D eigenvalue weighted by atomic mass is 35.5. The van der Waals surface area contributed by atoms with Crippen LogP contribution in [0.4, 0.5) is 5.69 Å². The molecule has 0 bridgehead atoms. The standard InChI is InChI=1S/C15H24N2O.ClH/c1-10(2)9-14(16)15(18)17-13-7-5-12(6-8-13)11(3)4;/h5-8,10-11,14H,9,16H2,1-4H3,(H,17,18);1H/t14-;/m0./s1. The molecule has 1 rings (SSSR count). The first-order chi connectivity index (χ1) is 8.40. The molecule has 0 saturated heterocycles. The largest absolute Gasteiger partial charge is 0.325 e. The summed E-state index contributed by atoms with van der Waals surface area (Å²) in [4.78, 5) is 11.8. The molecule has 4 heteroatoms. The van der Waals surface area contributed by atoms with Crippen molar-refractivity contribution in [2.24, 2.45) is 11.7 Å². The van der Waals surface area contributed by atoms with Gasteiger partial charge in [-0.15, -0.1) is 12.4 Å². The van der Waals surface area contributed by atoms with Crippen molar-refractivity contribution in [1.29, 1.82) is 0 Å². The Morgan fingerprint density at radius 3 is 2.11 bits per heavy atom. The number of nitrogens with one attached hydrogen (secondary N) is 1. The van der Waals surface area contributed by atoms with Gasteiger partial charge in [0.15, 0.2) is 0 Å². The van der Waals surface area contributed by atoms with Crippen molar-refractivity contribution in [1.82, 2.24) is 0 Å². The fourth-order valence-corrected chi connectivity index (χ4v) is 1.80. The molecule has 0 aliphatic carbocycles. The number of carbonyl (C=O) groups is 1. The molecule has 0 aliphatic heterocycles. The van der Waals surface area contributed by atoms with Crippen molar-refractivity contribution in [2.75, 3.05) is 5.32 Å². The first kappa shape index (κ1) is 17.9. The van der Waals surface area contributed by atoms with Gasteiger partial charge in [0.05, 0.1) is 6.04 Å². The summed E-state index contributed by atoms with van der Waals surface area (Å²) in [5.74, 6) is 0.813. The van der Waals surface area contributed by atoms with E-state index in [1.54, 1.807) is 0 Å². The van der Waals surface area contributed by atoms with Gasteiger partial charge < -0.3 is 11.1 Å². The van der Waals surface area contributed by atoms with Crippen LogP contribution in [0.3, 0.4) is 0 Å². The monoisotopic (exact) mass is 284 g/mol. The average molecular weight is 285 g/mol. The maximum Gasteiger partial charge on any atom is 0.241 e. The Morgan fingerprint density at radius 1 is 1.16 bits per heavy atom. The first-order valence-corrected chi connectivity index (χ1v) is 6.56. The molecule has 0 spiro atoms. The van der Waals surface area contributed by atoms with Crippen LogP contribution in [-0.4, -0.2) is 11.9 Å². The van der Waals surface area contributed by atoms with Crippen LogP contribution in [0, 0.1) is 5.92 Å². The van der Waals surface area contributed by atoms with Crippen LogP contribution in [0.15, 0.2) is 24.3 Å². The predicted octanol–water partition coefficient (Wildman–Crippen LogP) is 3.54. The van der Waals surface area contributed by atoms with Crippen molar-refractivity contribution in [3.8, 4) is 0 Å². The van der Waals surface area contributed by atoms with Gasteiger partial charge in [-0.2, -0.15) is 0 Å². The molecule has 0 aromatic heterocycles. The molecule has 0 radical (unpaired) electrons. The van der Waals surface area contributed by atoms with Gasteiger partial charge in [-0.25, -0.2) is 0 Å². The molecular formula is C15H25ClN2O. The van der Waals surface area contributed by atoms with Crippen LogP contribution in [0.25, 0.3) is 0 Å². The average Bonchev–Trinajstić information content (AvgIpc) is 2.28. The van der Waals surface area contributed by atoms with E-state index in [1.807, 2.05) is 24.3 Å². The summed E-state index contributed by atoms with van der Waals surface area (Å²) in [5, 5.41) is 2.85. The molecule has 0 heterocycles. The highest BCUT2D eigenvalue weighted by molar-refractivity contribution is 5.94. The second kappa shape index (κ2) is 8.18. The van der Waals surface area contributed by atoms with Crippen LogP contribution in [0.5, 0.6) is 0 Å².